The maximum absolute atomic E-state index is 12.0. The topological polar surface area (TPSA) is 98.5 Å². The van der Waals surface area contributed by atoms with Gasteiger partial charge in [-0.05, 0) is 12.1 Å². The Balaban J connectivity index is 1.45. The third-order valence-corrected chi connectivity index (χ3v) is 5.12. The van der Waals surface area contributed by atoms with E-state index in [1.165, 1.54) is 12.1 Å². The van der Waals surface area contributed by atoms with Gasteiger partial charge in [-0.15, -0.1) is 0 Å². The van der Waals surface area contributed by atoms with Crippen molar-refractivity contribution < 1.29 is 22.4 Å². The summed E-state index contributed by atoms with van der Waals surface area (Å²) >= 11 is 0. The van der Waals surface area contributed by atoms with Crippen LogP contribution >= 0.6 is 0 Å². The van der Waals surface area contributed by atoms with Gasteiger partial charge in [0.25, 0.3) is 0 Å². The molecular weight excluding hydrogens is 368 g/mol. The predicted molar refractivity (Wildman–Crippen MR) is 98.0 cm³/mol. The summed E-state index contributed by atoms with van der Waals surface area (Å²) in [5.74, 6) is 0.301. The SMILES string of the molecule is O=C(CCNS(=O)(=O)c1ccccc1)OCc1ncc(-c2ccccc2)o1. The zero-order chi connectivity index (χ0) is 19.1. The number of benzene rings is 2. The summed E-state index contributed by atoms with van der Waals surface area (Å²) in [5, 5.41) is 0. The van der Waals surface area contributed by atoms with Crippen LogP contribution < -0.4 is 4.72 Å². The summed E-state index contributed by atoms with van der Waals surface area (Å²) < 4.78 is 37.1. The molecule has 7 nitrogen and oxygen atoms in total. The fourth-order valence-corrected chi connectivity index (χ4v) is 3.35. The van der Waals surface area contributed by atoms with Gasteiger partial charge in [-0.2, -0.15) is 0 Å². The number of hydrogen-bond acceptors (Lipinski definition) is 6. The van der Waals surface area contributed by atoms with Crippen LogP contribution in [-0.4, -0.2) is 25.9 Å². The van der Waals surface area contributed by atoms with E-state index in [2.05, 4.69) is 9.71 Å². The lowest BCUT2D eigenvalue weighted by atomic mass is 10.2. The highest BCUT2D eigenvalue weighted by Crippen LogP contribution is 2.20. The Morgan fingerprint density at radius 1 is 1.04 bits per heavy atom. The molecule has 27 heavy (non-hydrogen) atoms. The van der Waals surface area contributed by atoms with Crippen molar-refractivity contribution in [2.45, 2.75) is 17.9 Å². The van der Waals surface area contributed by atoms with Gasteiger partial charge in [-0.1, -0.05) is 48.5 Å². The molecule has 0 unspecified atom stereocenters. The van der Waals surface area contributed by atoms with Crippen molar-refractivity contribution in [3.05, 3.63) is 72.8 Å². The predicted octanol–water partition coefficient (Wildman–Crippen LogP) is 2.75. The number of esters is 1. The number of hydrogen-bond donors (Lipinski definition) is 1. The molecule has 0 aliphatic carbocycles. The lowest BCUT2D eigenvalue weighted by Gasteiger charge is -2.06. The summed E-state index contributed by atoms with van der Waals surface area (Å²) in [6, 6.07) is 17.4. The van der Waals surface area contributed by atoms with E-state index < -0.39 is 16.0 Å². The van der Waals surface area contributed by atoms with E-state index in [-0.39, 0.29) is 30.4 Å². The lowest BCUT2D eigenvalue weighted by molar-refractivity contribution is -0.145. The fourth-order valence-electron chi connectivity index (χ4n) is 2.30. The quantitative estimate of drug-likeness (QED) is 0.598. The second-order valence-corrected chi connectivity index (χ2v) is 7.37. The van der Waals surface area contributed by atoms with E-state index in [0.29, 0.717) is 5.76 Å². The van der Waals surface area contributed by atoms with E-state index in [1.807, 2.05) is 30.3 Å². The zero-order valence-corrected chi connectivity index (χ0v) is 15.2. The van der Waals surface area contributed by atoms with Gasteiger partial charge in [0, 0.05) is 12.1 Å². The van der Waals surface area contributed by atoms with Gasteiger partial charge in [0.05, 0.1) is 17.5 Å². The number of aromatic nitrogens is 1. The average molecular weight is 386 g/mol. The van der Waals surface area contributed by atoms with E-state index in [0.717, 1.165) is 5.56 Å². The van der Waals surface area contributed by atoms with Crippen LogP contribution in [0.1, 0.15) is 12.3 Å². The number of nitrogens with one attached hydrogen (secondary N) is 1. The summed E-state index contributed by atoms with van der Waals surface area (Å²) in [5.41, 5.74) is 0.873. The van der Waals surface area contributed by atoms with Gasteiger partial charge in [-0.25, -0.2) is 18.1 Å². The molecule has 0 radical (unpaired) electrons. The van der Waals surface area contributed by atoms with Crippen LogP contribution in [0.2, 0.25) is 0 Å². The Hall–Kier alpha value is -2.97. The second kappa shape index (κ2) is 8.61. The highest BCUT2D eigenvalue weighted by molar-refractivity contribution is 7.89. The molecule has 0 amide bonds. The van der Waals surface area contributed by atoms with Crippen LogP contribution in [0.15, 0.2) is 76.2 Å². The van der Waals surface area contributed by atoms with Crippen molar-refractivity contribution in [2.24, 2.45) is 0 Å². The molecule has 1 N–H and O–H groups in total. The van der Waals surface area contributed by atoms with Crippen LogP contribution in [0, 0.1) is 0 Å². The normalized spacial score (nSPS) is 11.3. The first-order chi connectivity index (χ1) is 13.0. The highest BCUT2D eigenvalue weighted by Gasteiger charge is 2.14. The second-order valence-electron chi connectivity index (χ2n) is 5.61. The lowest BCUT2D eigenvalue weighted by Crippen LogP contribution is -2.26. The van der Waals surface area contributed by atoms with E-state index in [4.69, 9.17) is 9.15 Å². The van der Waals surface area contributed by atoms with Crippen LogP contribution in [-0.2, 0) is 26.2 Å². The van der Waals surface area contributed by atoms with Crippen molar-refractivity contribution >= 4 is 16.0 Å². The number of rotatable bonds is 8. The third-order valence-electron chi connectivity index (χ3n) is 3.64. The van der Waals surface area contributed by atoms with Gasteiger partial charge >= 0.3 is 5.97 Å². The Morgan fingerprint density at radius 2 is 1.70 bits per heavy atom. The average Bonchev–Trinajstić information content (AvgIpc) is 3.17. The van der Waals surface area contributed by atoms with E-state index in [9.17, 15) is 13.2 Å². The van der Waals surface area contributed by atoms with Crippen LogP contribution in [0.25, 0.3) is 11.3 Å². The largest absolute Gasteiger partial charge is 0.456 e. The molecule has 0 bridgehead atoms. The van der Waals surface area contributed by atoms with Gasteiger partial charge in [0.1, 0.15) is 0 Å². The molecule has 3 rings (SSSR count). The number of carbonyl (C=O) groups is 1. The minimum absolute atomic E-state index is 0.0586. The third kappa shape index (κ3) is 5.25. The van der Waals surface area contributed by atoms with E-state index >= 15 is 0 Å². The summed E-state index contributed by atoms with van der Waals surface area (Å²) in [6.07, 6.45) is 1.46. The van der Waals surface area contributed by atoms with Gasteiger partial charge < -0.3 is 9.15 Å². The fraction of sp³-hybridized carbons (Fsp3) is 0.158. The molecule has 0 saturated carbocycles. The Bertz CT molecular complexity index is 985. The number of nitrogens with zero attached hydrogens (tertiary/aromatic N) is 1. The van der Waals surface area contributed by atoms with Crippen molar-refractivity contribution in [1.29, 1.82) is 0 Å². The molecule has 140 valence electrons. The smallest absolute Gasteiger partial charge is 0.307 e. The molecule has 3 aromatic rings. The molecule has 1 heterocycles. The molecule has 2 aromatic carbocycles. The maximum Gasteiger partial charge on any atom is 0.307 e. The molecule has 0 aliphatic rings. The van der Waals surface area contributed by atoms with Crippen molar-refractivity contribution in [3.63, 3.8) is 0 Å². The standard InChI is InChI=1S/C19H18N2O5S/c22-19(11-12-21-27(23,24)16-9-5-2-6-10-16)25-14-18-20-13-17(26-18)15-7-3-1-4-8-15/h1-10,13,21H,11-12,14H2. The molecular formula is C19H18N2O5S. The first kappa shape index (κ1) is 18.8. The van der Waals surface area contributed by atoms with Gasteiger partial charge in [0.15, 0.2) is 12.4 Å². The van der Waals surface area contributed by atoms with Gasteiger partial charge in [-0.3, -0.25) is 4.79 Å². The Kier molecular flexibility index (Phi) is 6.00. The van der Waals surface area contributed by atoms with Crippen molar-refractivity contribution in [1.82, 2.24) is 9.71 Å². The van der Waals surface area contributed by atoms with Crippen LogP contribution in [0.5, 0.6) is 0 Å². The molecule has 0 spiro atoms. The number of ether oxygens (including phenoxy) is 1. The molecule has 8 heteroatoms. The summed E-state index contributed by atoms with van der Waals surface area (Å²) in [6.45, 7) is -0.173. The minimum atomic E-state index is -3.64. The van der Waals surface area contributed by atoms with Crippen molar-refractivity contribution in [3.8, 4) is 11.3 Å². The maximum atomic E-state index is 12.0. The van der Waals surface area contributed by atoms with Crippen molar-refractivity contribution in [2.75, 3.05) is 6.54 Å². The molecule has 0 fully saturated rings. The molecule has 0 saturated heterocycles. The summed E-state index contributed by atoms with van der Waals surface area (Å²) in [7, 11) is -3.64. The Labute approximate surface area is 157 Å². The van der Waals surface area contributed by atoms with Gasteiger partial charge in [0.2, 0.25) is 15.9 Å². The number of oxazole rings is 1. The first-order valence-corrected chi connectivity index (χ1v) is 9.73. The molecule has 1 aromatic heterocycles. The van der Waals surface area contributed by atoms with E-state index in [1.54, 1.807) is 24.4 Å². The summed E-state index contributed by atoms with van der Waals surface area (Å²) in [4.78, 5) is 16.0. The van der Waals surface area contributed by atoms with Crippen LogP contribution in [0.4, 0.5) is 0 Å². The minimum Gasteiger partial charge on any atom is -0.456 e. The highest BCUT2D eigenvalue weighted by atomic mass is 32.2. The number of carbonyl (C=O) groups excluding carboxylic acids is 1. The Morgan fingerprint density at radius 3 is 2.41 bits per heavy atom. The first-order valence-electron chi connectivity index (χ1n) is 8.25. The monoisotopic (exact) mass is 386 g/mol. The molecule has 0 aliphatic heterocycles. The number of sulfonamides is 1. The van der Waals surface area contributed by atoms with Crippen LogP contribution in [0.3, 0.4) is 0 Å². The molecule has 0 atom stereocenters. The zero-order valence-electron chi connectivity index (χ0n) is 14.4.